The summed E-state index contributed by atoms with van der Waals surface area (Å²) in [6.45, 7) is 3.81. The molecule has 5 rings (SSSR count). The Hall–Kier alpha value is -4.46. The van der Waals surface area contributed by atoms with E-state index in [1.807, 2.05) is 24.3 Å². The molecule has 1 aromatic heterocycles. The topological polar surface area (TPSA) is 177 Å². The summed E-state index contributed by atoms with van der Waals surface area (Å²) in [6.07, 6.45) is -4.67. The van der Waals surface area contributed by atoms with Crippen molar-refractivity contribution in [3.63, 3.8) is 0 Å². The molecule has 13 nitrogen and oxygen atoms in total. The minimum absolute atomic E-state index is 0.0411. The predicted octanol–water partition coefficient (Wildman–Crippen LogP) is 3.53. The number of benzene rings is 3. The van der Waals surface area contributed by atoms with Crippen LogP contribution in [0.4, 0.5) is 10.2 Å². The van der Waals surface area contributed by atoms with Crippen LogP contribution in [0.25, 0.3) is 10.8 Å². The van der Waals surface area contributed by atoms with Crippen molar-refractivity contribution in [2.75, 3.05) is 12.3 Å². The van der Waals surface area contributed by atoms with Gasteiger partial charge in [-0.2, -0.15) is 10.1 Å². The zero-order valence-corrected chi connectivity index (χ0v) is 25.0. The number of aliphatic imine (C=N–C) groups is 1. The predicted molar refractivity (Wildman–Crippen MR) is 163 cm³/mol. The normalized spacial score (nSPS) is 23.2. The Morgan fingerprint density at radius 2 is 1.91 bits per heavy atom. The minimum atomic E-state index is -4.58. The van der Waals surface area contributed by atoms with Gasteiger partial charge in [-0.25, -0.2) is 13.8 Å². The number of hydrogen-bond donors (Lipinski definition) is 3. The highest BCUT2D eigenvalue weighted by Gasteiger charge is 2.57. The highest BCUT2D eigenvalue weighted by Crippen LogP contribution is 2.49. The quantitative estimate of drug-likeness (QED) is 0.117. The van der Waals surface area contributed by atoms with Gasteiger partial charge in [0.2, 0.25) is 5.72 Å². The molecule has 4 aromatic rings. The average Bonchev–Trinajstić information content (AvgIpc) is 3.29. The van der Waals surface area contributed by atoms with Gasteiger partial charge in [-0.3, -0.25) is 18.9 Å². The lowest BCUT2D eigenvalue weighted by Gasteiger charge is -2.29. The molecule has 45 heavy (non-hydrogen) atoms. The number of fused-ring (bicyclic) bond motifs is 1. The summed E-state index contributed by atoms with van der Waals surface area (Å²) in [5.41, 5.74) is 3.01. The molecule has 236 valence electrons. The first-order valence-electron chi connectivity index (χ1n) is 13.8. The van der Waals surface area contributed by atoms with Gasteiger partial charge in [0.25, 0.3) is 0 Å². The number of aromatic nitrogens is 2. The molecule has 6 atom stereocenters. The number of nitrogens with two attached hydrogens (primary N) is 1. The first-order chi connectivity index (χ1) is 21.5. The van der Waals surface area contributed by atoms with E-state index in [9.17, 15) is 19.3 Å². The van der Waals surface area contributed by atoms with Gasteiger partial charge in [-0.15, -0.1) is 0 Å². The number of ether oxygens (including phenoxy) is 2. The van der Waals surface area contributed by atoms with Crippen LogP contribution in [0, 0.1) is 0 Å². The highest BCUT2D eigenvalue weighted by molar-refractivity contribution is 7.52. The number of nitrogens with one attached hydrogen (secondary N) is 1. The lowest BCUT2D eigenvalue weighted by molar-refractivity contribution is -0.146. The smallest absolute Gasteiger partial charge is 0.459 e. The summed E-state index contributed by atoms with van der Waals surface area (Å²) < 4.78 is 53.4. The average molecular weight is 640 g/mol. The van der Waals surface area contributed by atoms with Gasteiger partial charge in [-0.1, -0.05) is 66.7 Å². The molecule has 1 aliphatic rings. The Kier molecular flexibility index (Phi) is 9.42. The van der Waals surface area contributed by atoms with E-state index in [1.54, 1.807) is 48.5 Å². The number of esters is 1. The third-order valence-electron chi connectivity index (χ3n) is 7.08. The van der Waals surface area contributed by atoms with Crippen molar-refractivity contribution < 1.29 is 37.4 Å². The van der Waals surface area contributed by atoms with Gasteiger partial charge in [0.15, 0.2) is 12.4 Å². The maximum absolute atomic E-state index is 15.7. The fourth-order valence-corrected chi connectivity index (χ4v) is 6.23. The second kappa shape index (κ2) is 13.3. The van der Waals surface area contributed by atoms with E-state index in [2.05, 4.69) is 21.8 Å². The van der Waals surface area contributed by atoms with Crippen LogP contribution >= 0.6 is 7.75 Å². The number of rotatable bonds is 12. The highest BCUT2D eigenvalue weighted by atomic mass is 31.2. The van der Waals surface area contributed by atoms with E-state index < -0.39 is 56.3 Å². The maximum atomic E-state index is 15.7. The number of carbonyl (C=O) groups is 1. The van der Waals surface area contributed by atoms with Crippen LogP contribution in [0.15, 0.2) is 94.8 Å². The Balaban J connectivity index is 1.40. The van der Waals surface area contributed by atoms with E-state index in [4.69, 9.17) is 24.3 Å². The standard InChI is InChI=1S/C30H31FN5O8P/c1-19(28(38)41-17-20-9-4-3-5-10-20)35-45(40,44-23-14-8-12-21-11-6-7-13-22(21)23)42-18-30(33-2)26(31)25(37)27(43-30)36-16-15-24(32)34-29(36)39/h3-16,19,25-27,37H,2,17-18H2,1H3,(H,35,40)(H2,32,34,39)/t19-,25+,26-,27+,30+,45?/m0/s1. The SMILES string of the molecule is C=N[C@]1(COP(=O)(N[C@@H](C)C(=O)OCc2ccccc2)Oc2cccc3ccccc23)O[C@@H](n2ccc(N)nc2=O)[C@H](O)[C@@H]1F. The van der Waals surface area contributed by atoms with E-state index in [1.165, 1.54) is 19.2 Å². The summed E-state index contributed by atoms with van der Waals surface area (Å²) in [5, 5.41) is 14.6. The molecular formula is C30H31FN5O8P. The summed E-state index contributed by atoms with van der Waals surface area (Å²) in [6, 6.07) is 21.1. The fourth-order valence-electron chi connectivity index (χ4n) is 4.70. The molecule has 1 saturated heterocycles. The monoisotopic (exact) mass is 639 g/mol. The van der Waals surface area contributed by atoms with Crippen LogP contribution < -0.4 is 21.0 Å². The number of anilines is 1. The van der Waals surface area contributed by atoms with E-state index in [0.29, 0.717) is 5.39 Å². The first-order valence-corrected chi connectivity index (χ1v) is 15.3. The van der Waals surface area contributed by atoms with Crippen molar-refractivity contribution in [2.24, 2.45) is 4.99 Å². The Bertz CT molecular complexity index is 1790. The van der Waals surface area contributed by atoms with Crippen LogP contribution in [0.2, 0.25) is 0 Å². The number of aliphatic hydroxyl groups excluding tert-OH is 1. The number of alkyl halides is 1. The van der Waals surface area contributed by atoms with Crippen molar-refractivity contribution in [3.05, 3.63) is 101 Å². The minimum Gasteiger partial charge on any atom is -0.460 e. The number of nitrogen functional groups attached to an aromatic ring is 1. The van der Waals surface area contributed by atoms with E-state index in [0.717, 1.165) is 15.5 Å². The zero-order valence-electron chi connectivity index (χ0n) is 24.1. The second-order valence-corrected chi connectivity index (χ2v) is 11.9. The molecule has 15 heteroatoms. The molecule has 0 amide bonds. The van der Waals surface area contributed by atoms with Gasteiger partial charge < -0.3 is 24.8 Å². The lowest BCUT2D eigenvalue weighted by atomic mass is 10.1. The van der Waals surface area contributed by atoms with Gasteiger partial charge in [-0.05, 0) is 36.7 Å². The van der Waals surface area contributed by atoms with Crippen LogP contribution in [0.5, 0.6) is 5.75 Å². The fraction of sp³-hybridized carbons (Fsp3) is 0.267. The number of hydrogen-bond acceptors (Lipinski definition) is 11. The molecule has 1 aliphatic heterocycles. The van der Waals surface area contributed by atoms with Crippen molar-refractivity contribution in [2.45, 2.75) is 43.8 Å². The van der Waals surface area contributed by atoms with Crippen LogP contribution in [-0.4, -0.2) is 58.0 Å². The third-order valence-corrected chi connectivity index (χ3v) is 8.69. The van der Waals surface area contributed by atoms with Crippen molar-refractivity contribution in [1.82, 2.24) is 14.6 Å². The number of halogens is 1. The van der Waals surface area contributed by atoms with Crippen molar-refractivity contribution >= 4 is 37.0 Å². The lowest BCUT2D eigenvalue weighted by Crippen LogP contribution is -2.43. The zero-order chi connectivity index (χ0) is 32.2. The Labute approximate surface area is 257 Å². The van der Waals surface area contributed by atoms with E-state index >= 15 is 4.39 Å². The molecule has 2 heterocycles. The number of nitrogens with zero attached hydrogens (tertiary/aromatic N) is 3. The Morgan fingerprint density at radius 3 is 2.64 bits per heavy atom. The molecule has 0 radical (unpaired) electrons. The van der Waals surface area contributed by atoms with Gasteiger partial charge in [0.1, 0.15) is 36.9 Å². The summed E-state index contributed by atoms with van der Waals surface area (Å²) in [4.78, 5) is 32.6. The number of carbonyl (C=O) groups excluding carboxylic acids is 1. The van der Waals surface area contributed by atoms with Gasteiger partial charge >= 0.3 is 19.4 Å². The molecule has 1 unspecified atom stereocenters. The van der Waals surface area contributed by atoms with Crippen molar-refractivity contribution in [3.8, 4) is 5.75 Å². The second-order valence-electron chi connectivity index (χ2n) is 10.2. The molecular weight excluding hydrogens is 608 g/mol. The Morgan fingerprint density at radius 1 is 1.20 bits per heavy atom. The van der Waals surface area contributed by atoms with Crippen LogP contribution in [0.3, 0.4) is 0 Å². The van der Waals surface area contributed by atoms with Gasteiger partial charge in [0, 0.05) is 11.6 Å². The molecule has 3 aromatic carbocycles. The molecule has 4 N–H and O–H groups in total. The summed E-state index contributed by atoms with van der Waals surface area (Å²) in [5.74, 6) is -0.728. The molecule has 1 fully saturated rings. The summed E-state index contributed by atoms with van der Waals surface area (Å²) in [7, 11) is -4.58. The third kappa shape index (κ3) is 6.95. The largest absolute Gasteiger partial charge is 0.460 e. The molecule has 0 saturated carbocycles. The molecule has 0 spiro atoms. The van der Waals surface area contributed by atoms with Gasteiger partial charge in [0.05, 0.1) is 0 Å². The van der Waals surface area contributed by atoms with E-state index in [-0.39, 0.29) is 18.2 Å². The van der Waals surface area contributed by atoms with Crippen LogP contribution in [-0.2, 0) is 30.0 Å². The molecule has 0 aliphatic carbocycles. The molecule has 0 bridgehead atoms. The maximum Gasteiger partial charge on any atom is 0.459 e. The number of aliphatic hydroxyl groups is 1. The first kappa shape index (κ1) is 31.9. The van der Waals surface area contributed by atoms with Crippen LogP contribution in [0.1, 0.15) is 18.7 Å². The van der Waals surface area contributed by atoms with Crippen molar-refractivity contribution in [1.29, 1.82) is 0 Å². The summed E-state index contributed by atoms with van der Waals surface area (Å²) >= 11 is 0.